The van der Waals surface area contributed by atoms with E-state index < -0.39 is 11.4 Å². The molecule has 2 atom stereocenters. The maximum Gasteiger partial charge on any atom is 0.335 e. The summed E-state index contributed by atoms with van der Waals surface area (Å²) in [5.74, 6) is -1.08. The number of amides is 1. The molecule has 0 saturated heterocycles. The van der Waals surface area contributed by atoms with E-state index in [4.69, 9.17) is 11.6 Å². The Morgan fingerprint density at radius 3 is 2.77 bits per heavy atom. The van der Waals surface area contributed by atoms with Gasteiger partial charge >= 0.3 is 5.97 Å². The van der Waals surface area contributed by atoms with E-state index >= 15 is 0 Å². The fraction of sp³-hybridized carbons (Fsp3) is 0.176. The summed E-state index contributed by atoms with van der Waals surface area (Å²) >= 11 is 6.25. The Morgan fingerprint density at radius 1 is 1.27 bits per heavy atom. The van der Waals surface area contributed by atoms with Crippen LogP contribution in [0.1, 0.15) is 33.8 Å². The van der Waals surface area contributed by atoms with Gasteiger partial charge < -0.3 is 10.4 Å². The van der Waals surface area contributed by atoms with E-state index in [0.29, 0.717) is 17.1 Å². The third-order valence-corrected chi connectivity index (χ3v) is 4.99. The number of fused-ring (bicyclic) bond motifs is 2. The molecular weight excluding hydrogens is 302 g/mol. The smallest absolute Gasteiger partial charge is 0.335 e. The number of benzene rings is 2. The van der Waals surface area contributed by atoms with Crippen LogP contribution < -0.4 is 5.32 Å². The number of carbonyl (C=O) groups is 2. The minimum Gasteiger partial charge on any atom is -0.478 e. The quantitative estimate of drug-likeness (QED) is 0.892. The molecule has 2 N–H and O–H groups in total. The second kappa shape index (κ2) is 4.34. The summed E-state index contributed by atoms with van der Waals surface area (Å²) in [6.45, 7) is 0. The minimum absolute atomic E-state index is 0.00788. The van der Waals surface area contributed by atoms with Crippen LogP contribution in [0.2, 0.25) is 5.02 Å². The highest BCUT2D eigenvalue weighted by Crippen LogP contribution is 2.65. The van der Waals surface area contributed by atoms with Crippen LogP contribution in [0.5, 0.6) is 0 Å². The number of carbonyl (C=O) groups excluding carboxylic acids is 1. The van der Waals surface area contributed by atoms with Crippen LogP contribution in [0.25, 0.3) is 0 Å². The first-order chi connectivity index (χ1) is 10.5. The number of halogens is 1. The minimum atomic E-state index is -0.993. The van der Waals surface area contributed by atoms with Crippen molar-refractivity contribution in [1.29, 1.82) is 0 Å². The Morgan fingerprint density at radius 2 is 2.05 bits per heavy atom. The zero-order chi connectivity index (χ0) is 15.5. The van der Waals surface area contributed by atoms with Crippen molar-refractivity contribution >= 4 is 29.2 Å². The number of carboxylic acid groups (broad SMARTS) is 1. The molecule has 1 aliphatic heterocycles. The lowest BCUT2D eigenvalue weighted by atomic mass is 9.91. The number of aromatic carboxylic acids is 1. The molecule has 0 bridgehead atoms. The summed E-state index contributed by atoms with van der Waals surface area (Å²) in [5.41, 5.74) is 1.92. The molecule has 0 unspecified atom stereocenters. The molecule has 22 heavy (non-hydrogen) atoms. The van der Waals surface area contributed by atoms with Crippen molar-refractivity contribution in [2.75, 3.05) is 5.32 Å². The molecule has 4 nitrogen and oxygen atoms in total. The molecule has 1 heterocycles. The molecule has 1 amide bonds. The lowest BCUT2D eigenvalue weighted by molar-refractivity contribution is -0.118. The van der Waals surface area contributed by atoms with Gasteiger partial charge in [0.15, 0.2) is 0 Å². The predicted octanol–water partition coefficient (Wildman–Crippen LogP) is 3.42. The van der Waals surface area contributed by atoms with Crippen molar-refractivity contribution in [3.63, 3.8) is 0 Å². The van der Waals surface area contributed by atoms with Gasteiger partial charge in [-0.05, 0) is 41.8 Å². The fourth-order valence-electron chi connectivity index (χ4n) is 3.46. The van der Waals surface area contributed by atoms with Gasteiger partial charge in [0.25, 0.3) is 0 Å². The maximum atomic E-state index is 12.5. The summed E-state index contributed by atoms with van der Waals surface area (Å²) in [6.07, 6.45) is 0.651. The second-order valence-corrected chi connectivity index (χ2v) is 6.18. The van der Waals surface area contributed by atoms with Gasteiger partial charge in [-0.15, -0.1) is 0 Å². The van der Waals surface area contributed by atoms with Gasteiger partial charge in [0.2, 0.25) is 5.91 Å². The van der Waals surface area contributed by atoms with E-state index in [9.17, 15) is 14.7 Å². The van der Waals surface area contributed by atoms with Crippen LogP contribution in [0.15, 0.2) is 42.5 Å². The van der Waals surface area contributed by atoms with Gasteiger partial charge in [-0.1, -0.05) is 29.8 Å². The number of anilines is 1. The van der Waals surface area contributed by atoms with Crippen LogP contribution in [0.3, 0.4) is 0 Å². The Bertz CT molecular complexity index is 832. The van der Waals surface area contributed by atoms with Crippen molar-refractivity contribution < 1.29 is 14.7 Å². The molecule has 5 heteroatoms. The van der Waals surface area contributed by atoms with Crippen LogP contribution in [0, 0.1) is 0 Å². The molecule has 110 valence electrons. The summed E-state index contributed by atoms with van der Waals surface area (Å²) in [4.78, 5) is 23.7. The van der Waals surface area contributed by atoms with Gasteiger partial charge in [0.1, 0.15) is 0 Å². The number of hydrogen-bond donors (Lipinski definition) is 2. The molecule has 0 aromatic heterocycles. The summed E-state index contributed by atoms with van der Waals surface area (Å²) in [6, 6.07) is 12.3. The molecule has 2 aromatic rings. The number of rotatable bonds is 2. The third kappa shape index (κ3) is 1.64. The summed E-state index contributed by atoms with van der Waals surface area (Å²) < 4.78 is 0. The lowest BCUT2D eigenvalue weighted by Crippen LogP contribution is -2.21. The van der Waals surface area contributed by atoms with E-state index in [1.54, 1.807) is 12.1 Å². The zero-order valence-corrected chi connectivity index (χ0v) is 12.2. The Labute approximate surface area is 131 Å². The van der Waals surface area contributed by atoms with Crippen molar-refractivity contribution in [1.82, 2.24) is 0 Å². The highest BCUT2D eigenvalue weighted by molar-refractivity contribution is 6.31. The Balaban J connectivity index is 1.83. The van der Waals surface area contributed by atoms with E-state index in [0.717, 1.165) is 11.1 Å². The van der Waals surface area contributed by atoms with Gasteiger partial charge in [-0.2, -0.15) is 0 Å². The van der Waals surface area contributed by atoms with E-state index in [1.807, 2.05) is 24.3 Å². The first kappa shape index (κ1) is 13.3. The standard InChI is InChI=1S/C17H12ClNO3/c18-13-4-2-1-3-10(13)12-8-17(12)11-7-9(15(20)21)5-6-14(11)19-16(17)22/h1-7,12H,8H2,(H,19,22)(H,20,21)/t12-,17+/m0/s1. The van der Waals surface area contributed by atoms with E-state index in [2.05, 4.69) is 5.32 Å². The zero-order valence-electron chi connectivity index (χ0n) is 11.5. The lowest BCUT2D eigenvalue weighted by Gasteiger charge is -2.10. The van der Waals surface area contributed by atoms with Crippen molar-refractivity contribution in [2.24, 2.45) is 0 Å². The van der Waals surface area contributed by atoms with Crippen molar-refractivity contribution in [3.8, 4) is 0 Å². The summed E-state index contributed by atoms with van der Waals surface area (Å²) in [7, 11) is 0. The molecule has 1 aliphatic carbocycles. The van der Waals surface area contributed by atoms with Gasteiger partial charge in [0.05, 0.1) is 11.0 Å². The molecule has 0 radical (unpaired) electrons. The summed E-state index contributed by atoms with van der Waals surface area (Å²) in [5, 5.41) is 12.7. The highest BCUT2D eigenvalue weighted by atomic mass is 35.5. The normalized spacial score (nSPS) is 25.0. The van der Waals surface area contributed by atoms with Gasteiger partial charge in [-0.3, -0.25) is 4.79 Å². The number of hydrogen-bond acceptors (Lipinski definition) is 2. The average molecular weight is 314 g/mol. The molecule has 1 saturated carbocycles. The van der Waals surface area contributed by atoms with Crippen LogP contribution in [-0.2, 0) is 10.2 Å². The van der Waals surface area contributed by atoms with Gasteiger partial charge in [-0.25, -0.2) is 4.79 Å². The second-order valence-electron chi connectivity index (χ2n) is 5.77. The highest BCUT2D eigenvalue weighted by Gasteiger charge is 2.65. The van der Waals surface area contributed by atoms with E-state index in [1.165, 1.54) is 6.07 Å². The van der Waals surface area contributed by atoms with Crippen LogP contribution in [0.4, 0.5) is 5.69 Å². The third-order valence-electron chi connectivity index (χ3n) is 4.64. The molecule has 4 rings (SSSR count). The number of nitrogens with one attached hydrogen (secondary N) is 1. The topological polar surface area (TPSA) is 66.4 Å². The molecule has 2 aliphatic rings. The maximum absolute atomic E-state index is 12.5. The first-order valence-corrected chi connectivity index (χ1v) is 7.35. The fourth-order valence-corrected chi connectivity index (χ4v) is 3.72. The van der Waals surface area contributed by atoms with Crippen molar-refractivity contribution in [3.05, 3.63) is 64.2 Å². The predicted molar refractivity (Wildman–Crippen MR) is 82.5 cm³/mol. The van der Waals surface area contributed by atoms with Crippen molar-refractivity contribution in [2.45, 2.75) is 17.8 Å². The molecule has 1 fully saturated rings. The SMILES string of the molecule is O=C(O)c1ccc2c(c1)[C@@]1(C[C@H]1c1ccccc1Cl)C(=O)N2. The van der Waals surface area contributed by atoms with Crippen LogP contribution >= 0.6 is 11.6 Å². The molecular formula is C17H12ClNO3. The molecule has 2 aromatic carbocycles. The monoisotopic (exact) mass is 313 g/mol. The largest absolute Gasteiger partial charge is 0.478 e. The Hall–Kier alpha value is -2.33. The van der Waals surface area contributed by atoms with Crippen LogP contribution in [-0.4, -0.2) is 17.0 Å². The average Bonchev–Trinajstić information content (AvgIpc) is 3.17. The molecule has 1 spiro atoms. The Kier molecular flexibility index (Phi) is 2.63. The first-order valence-electron chi connectivity index (χ1n) is 6.98. The van der Waals surface area contributed by atoms with E-state index in [-0.39, 0.29) is 17.4 Å². The number of carboxylic acids is 1. The van der Waals surface area contributed by atoms with Gasteiger partial charge in [0, 0.05) is 16.6 Å².